The first-order valence-electron chi connectivity index (χ1n) is 5.16. The fraction of sp³-hybridized carbons (Fsp3) is 0.400. The molecule has 0 radical (unpaired) electrons. The largest absolute Gasteiger partial charge is 0.398 e. The van der Waals surface area contributed by atoms with Gasteiger partial charge in [-0.05, 0) is 35.0 Å². The van der Waals surface area contributed by atoms with Crippen molar-refractivity contribution in [2.24, 2.45) is 0 Å². The fourth-order valence-corrected chi connectivity index (χ4v) is 3.62. The number of anilines is 1. The first-order valence-corrected chi connectivity index (χ1v) is 7.82. The molecule has 0 amide bonds. The zero-order valence-corrected chi connectivity index (χ0v) is 13.2. The lowest BCUT2D eigenvalue weighted by Crippen LogP contribution is -2.43. The van der Waals surface area contributed by atoms with Crippen LogP contribution in [0, 0.1) is 0 Å². The molecule has 0 bridgehead atoms. The molecule has 0 heterocycles. The molecule has 1 aromatic rings. The van der Waals surface area contributed by atoms with Gasteiger partial charge in [-0.25, -0.2) is 13.1 Å². The van der Waals surface area contributed by atoms with E-state index < -0.39 is 22.2 Å². The fourth-order valence-electron chi connectivity index (χ4n) is 1.16. The van der Waals surface area contributed by atoms with E-state index in [9.17, 15) is 13.5 Å². The van der Waals surface area contributed by atoms with Crippen LogP contribution in [0.5, 0.6) is 0 Å². The van der Waals surface area contributed by atoms with Gasteiger partial charge in [0.1, 0.15) is 0 Å². The Morgan fingerprint density at radius 3 is 2.63 bits per heavy atom. The molecule has 1 atom stereocenters. The number of nitrogens with two attached hydrogens (primary N) is 1. The second-order valence-electron chi connectivity index (χ2n) is 4.29. The number of nitrogens with one attached hydrogen (secondary N) is 1. The Labute approximate surface area is 124 Å². The summed E-state index contributed by atoms with van der Waals surface area (Å²) in [6.45, 7) is 0.385. The van der Waals surface area contributed by atoms with E-state index in [2.05, 4.69) is 20.7 Å². The van der Waals surface area contributed by atoms with Crippen molar-refractivity contribution in [3.05, 3.63) is 21.6 Å². The lowest BCUT2D eigenvalue weighted by Gasteiger charge is -2.21. The highest BCUT2D eigenvalue weighted by Gasteiger charge is 2.25. The van der Waals surface area contributed by atoms with Crippen molar-refractivity contribution in [1.82, 2.24) is 4.72 Å². The van der Waals surface area contributed by atoms with E-state index in [0.717, 1.165) is 0 Å². The third-order valence-electron chi connectivity index (χ3n) is 2.31. The topological polar surface area (TPSA) is 113 Å². The molecular weight excluding hydrogens is 360 g/mol. The first-order chi connectivity index (χ1) is 8.59. The Hall–Kier alpha value is -0.380. The first kappa shape index (κ1) is 16.7. The summed E-state index contributed by atoms with van der Waals surface area (Å²) >= 11 is 8.84. The van der Waals surface area contributed by atoms with E-state index in [1.54, 1.807) is 0 Å². The van der Waals surface area contributed by atoms with Gasteiger partial charge in [0.15, 0.2) is 0 Å². The minimum absolute atomic E-state index is 0.133. The zero-order valence-electron chi connectivity index (χ0n) is 10.0. The van der Waals surface area contributed by atoms with Gasteiger partial charge in [-0.1, -0.05) is 11.6 Å². The summed E-state index contributed by atoms with van der Waals surface area (Å²) in [5, 5.41) is 18.6. The van der Waals surface area contributed by atoms with E-state index in [0.29, 0.717) is 0 Å². The molecule has 0 saturated carbocycles. The number of hydrogen-bond donors (Lipinski definition) is 4. The van der Waals surface area contributed by atoms with Gasteiger partial charge in [-0.2, -0.15) is 0 Å². The molecule has 1 aromatic carbocycles. The lowest BCUT2D eigenvalue weighted by atomic mass is 10.1. The summed E-state index contributed by atoms with van der Waals surface area (Å²) in [4.78, 5) is -0.133. The number of nitrogen functional groups attached to an aromatic ring is 1. The molecule has 0 spiro atoms. The summed E-state index contributed by atoms with van der Waals surface area (Å²) in [5.74, 6) is 0. The maximum atomic E-state index is 12.1. The highest BCUT2D eigenvalue weighted by Crippen LogP contribution is 2.31. The van der Waals surface area contributed by atoms with Crippen LogP contribution >= 0.6 is 27.5 Å². The van der Waals surface area contributed by atoms with Gasteiger partial charge in [0.05, 0.1) is 21.6 Å². The Balaban J connectivity index is 3.08. The number of halogens is 2. The average Bonchev–Trinajstić information content (AvgIpc) is 2.31. The molecule has 0 saturated heterocycles. The minimum atomic E-state index is -3.91. The van der Waals surface area contributed by atoms with Crippen molar-refractivity contribution in [1.29, 1.82) is 0 Å². The van der Waals surface area contributed by atoms with Gasteiger partial charge in [-0.15, -0.1) is 0 Å². The summed E-state index contributed by atoms with van der Waals surface area (Å²) in [7, 11) is -3.91. The third kappa shape index (κ3) is 4.30. The molecule has 19 heavy (non-hydrogen) atoms. The average molecular weight is 374 g/mol. The van der Waals surface area contributed by atoms with E-state index in [4.69, 9.17) is 22.4 Å². The molecule has 108 valence electrons. The Morgan fingerprint density at radius 2 is 2.11 bits per heavy atom. The minimum Gasteiger partial charge on any atom is -0.398 e. The van der Waals surface area contributed by atoms with Gasteiger partial charge in [-0.3, -0.25) is 0 Å². The molecule has 6 nitrogen and oxygen atoms in total. The van der Waals surface area contributed by atoms with Crippen LogP contribution in [0.25, 0.3) is 0 Å². The maximum Gasteiger partial charge on any atom is 0.241 e. The molecule has 0 aliphatic heterocycles. The molecular formula is C10H14BrClN2O4S. The zero-order chi connectivity index (χ0) is 14.8. The third-order valence-corrected chi connectivity index (χ3v) is 5.10. The van der Waals surface area contributed by atoms with Crippen LogP contribution in [0.15, 0.2) is 21.5 Å². The van der Waals surface area contributed by atoms with Crippen molar-refractivity contribution in [3.8, 4) is 0 Å². The SMILES string of the molecule is CC(O)(CO)CNS(=O)(=O)c1cc(Cl)cc(N)c1Br. The quantitative estimate of drug-likeness (QED) is 0.568. The van der Waals surface area contributed by atoms with Gasteiger partial charge in [0.2, 0.25) is 10.0 Å². The smallest absolute Gasteiger partial charge is 0.241 e. The van der Waals surface area contributed by atoms with Crippen LogP contribution in [-0.2, 0) is 10.0 Å². The number of aliphatic hydroxyl groups is 2. The van der Waals surface area contributed by atoms with Crippen molar-refractivity contribution >= 4 is 43.2 Å². The molecule has 1 unspecified atom stereocenters. The van der Waals surface area contributed by atoms with Crippen molar-refractivity contribution in [3.63, 3.8) is 0 Å². The Morgan fingerprint density at radius 1 is 1.53 bits per heavy atom. The van der Waals surface area contributed by atoms with Gasteiger partial charge < -0.3 is 15.9 Å². The second-order valence-corrected chi connectivity index (χ2v) is 7.25. The molecule has 0 aliphatic rings. The summed E-state index contributed by atoms with van der Waals surface area (Å²) in [6.07, 6.45) is 0. The summed E-state index contributed by atoms with van der Waals surface area (Å²) in [6, 6.07) is 2.65. The molecule has 5 N–H and O–H groups in total. The number of benzene rings is 1. The normalized spacial score (nSPS) is 15.2. The summed E-state index contributed by atoms with van der Waals surface area (Å²) < 4.78 is 26.5. The standard InChI is InChI=1S/C10H14BrClN2O4S/c1-10(16,5-15)4-14-19(17,18)8-3-6(12)2-7(13)9(8)11/h2-3,14-16H,4-5,13H2,1H3. The molecule has 1 rings (SSSR count). The number of aliphatic hydroxyl groups excluding tert-OH is 1. The molecule has 0 aliphatic carbocycles. The predicted molar refractivity (Wildman–Crippen MR) is 76.5 cm³/mol. The van der Waals surface area contributed by atoms with Crippen LogP contribution in [0.2, 0.25) is 5.02 Å². The van der Waals surface area contributed by atoms with Crippen LogP contribution in [0.1, 0.15) is 6.92 Å². The molecule has 0 fully saturated rings. The predicted octanol–water partition coefficient (Wildman–Crippen LogP) is 0.706. The molecule has 0 aromatic heterocycles. The summed E-state index contributed by atoms with van der Waals surface area (Å²) in [5.41, 5.74) is 4.24. The highest BCUT2D eigenvalue weighted by atomic mass is 79.9. The van der Waals surface area contributed by atoms with Gasteiger partial charge in [0.25, 0.3) is 0 Å². The van der Waals surface area contributed by atoms with E-state index in [-0.39, 0.29) is 26.6 Å². The number of rotatable bonds is 5. The van der Waals surface area contributed by atoms with E-state index in [1.165, 1.54) is 19.1 Å². The van der Waals surface area contributed by atoms with Crippen LogP contribution in [-0.4, -0.2) is 37.4 Å². The van der Waals surface area contributed by atoms with Crippen LogP contribution < -0.4 is 10.5 Å². The van der Waals surface area contributed by atoms with Crippen molar-refractivity contribution in [2.75, 3.05) is 18.9 Å². The van der Waals surface area contributed by atoms with Crippen molar-refractivity contribution < 1.29 is 18.6 Å². The number of hydrogen-bond acceptors (Lipinski definition) is 5. The Kier molecular flexibility index (Phi) is 5.21. The van der Waals surface area contributed by atoms with Gasteiger partial charge in [0, 0.05) is 17.3 Å². The second kappa shape index (κ2) is 5.94. The van der Waals surface area contributed by atoms with E-state index >= 15 is 0 Å². The number of sulfonamides is 1. The van der Waals surface area contributed by atoms with E-state index in [1.807, 2.05) is 0 Å². The molecule has 9 heteroatoms. The van der Waals surface area contributed by atoms with Gasteiger partial charge >= 0.3 is 0 Å². The Bertz CT molecular complexity index is 577. The lowest BCUT2D eigenvalue weighted by molar-refractivity contribution is 0.00681. The monoisotopic (exact) mass is 372 g/mol. The highest BCUT2D eigenvalue weighted by molar-refractivity contribution is 9.10. The van der Waals surface area contributed by atoms with Crippen LogP contribution in [0.3, 0.4) is 0 Å². The van der Waals surface area contributed by atoms with Crippen LogP contribution in [0.4, 0.5) is 5.69 Å². The van der Waals surface area contributed by atoms with Crippen molar-refractivity contribution in [2.45, 2.75) is 17.4 Å². The maximum absolute atomic E-state index is 12.1.